The Kier molecular flexibility index (Phi) is 4.88. The molecule has 0 spiro atoms. The van der Waals surface area contributed by atoms with Crippen molar-refractivity contribution in [2.75, 3.05) is 5.43 Å². The summed E-state index contributed by atoms with van der Waals surface area (Å²) in [6, 6.07) is 22.4. The van der Waals surface area contributed by atoms with Gasteiger partial charge in [0.1, 0.15) is 5.69 Å². The van der Waals surface area contributed by atoms with E-state index in [1.807, 2.05) is 42.5 Å². The summed E-state index contributed by atoms with van der Waals surface area (Å²) in [5.74, 6) is -0.0222. The van der Waals surface area contributed by atoms with Gasteiger partial charge in [-0.15, -0.1) is 5.11 Å². The summed E-state index contributed by atoms with van der Waals surface area (Å²) >= 11 is 0. The van der Waals surface area contributed by atoms with Crippen LogP contribution in [0.3, 0.4) is 0 Å². The molecule has 0 unspecified atom stereocenters. The lowest BCUT2D eigenvalue weighted by Gasteiger charge is -2.05. The fraction of sp³-hybridized carbons (Fsp3) is 0. The maximum Gasteiger partial charge on any atom is 0.194 e. The lowest BCUT2D eigenvalue weighted by molar-refractivity contribution is 1.13. The number of pyridine rings is 1. The van der Waals surface area contributed by atoms with E-state index in [9.17, 15) is 0 Å². The van der Waals surface area contributed by atoms with E-state index >= 15 is 0 Å². The Morgan fingerprint density at radius 2 is 1.80 bits per heavy atom. The predicted octanol–water partition coefficient (Wildman–Crippen LogP) is 4.42. The highest BCUT2D eigenvalue weighted by molar-refractivity contribution is 5.94. The van der Waals surface area contributed by atoms with Crippen LogP contribution in [0.15, 0.2) is 83.3 Å². The van der Waals surface area contributed by atoms with E-state index in [0.29, 0.717) is 11.3 Å². The molecular formula is C19H14N6. The summed E-state index contributed by atoms with van der Waals surface area (Å²) in [5, 5.41) is 24.5. The first-order valence-corrected chi connectivity index (χ1v) is 7.53. The summed E-state index contributed by atoms with van der Waals surface area (Å²) in [7, 11) is 0. The predicted molar refractivity (Wildman–Crippen MR) is 96.1 cm³/mol. The van der Waals surface area contributed by atoms with Crippen LogP contribution < -0.4 is 5.43 Å². The van der Waals surface area contributed by atoms with Crippen molar-refractivity contribution in [2.24, 2.45) is 10.3 Å². The van der Waals surface area contributed by atoms with E-state index in [1.54, 1.807) is 30.5 Å². The van der Waals surface area contributed by atoms with Crippen molar-refractivity contribution in [1.29, 1.82) is 10.7 Å². The third kappa shape index (κ3) is 4.12. The van der Waals surface area contributed by atoms with Crippen molar-refractivity contribution in [3.05, 3.63) is 84.2 Å². The van der Waals surface area contributed by atoms with Crippen molar-refractivity contribution in [1.82, 2.24) is 4.98 Å². The molecule has 3 rings (SSSR count). The van der Waals surface area contributed by atoms with Gasteiger partial charge in [-0.2, -0.15) is 5.26 Å². The zero-order valence-electron chi connectivity index (χ0n) is 13.2. The van der Waals surface area contributed by atoms with Gasteiger partial charge in [-0.05, 0) is 47.5 Å². The zero-order chi connectivity index (χ0) is 17.5. The number of hydrogen-bond donors (Lipinski definition) is 2. The molecule has 0 aliphatic carbocycles. The van der Waals surface area contributed by atoms with Crippen molar-refractivity contribution >= 4 is 11.5 Å². The number of nitrogens with one attached hydrogen (secondary N) is 2. The standard InChI is InChI=1S/C19H14N6/c20-13-14-5-3-6-15(11-14)16-7-4-8-17(12-16)23-25-24-19(21)18-9-1-2-10-22-18/h1-12H,(H2,21,23,24). The first-order valence-electron chi connectivity index (χ1n) is 7.53. The highest BCUT2D eigenvalue weighted by Gasteiger charge is 2.02. The number of nitrogens with zero attached hydrogens (tertiary/aromatic N) is 4. The van der Waals surface area contributed by atoms with Crippen LogP contribution in [-0.2, 0) is 0 Å². The van der Waals surface area contributed by atoms with Crippen molar-refractivity contribution in [3.8, 4) is 17.2 Å². The monoisotopic (exact) mass is 326 g/mol. The lowest BCUT2D eigenvalue weighted by atomic mass is 10.0. The minimum Gasteiger partial charge on any atom is -0.279 e. The van der Waals surface area contributed by atoms with Gasteiger partial charge in [0, 0.05) is 6.20 Å². The molecule has 1 heterocycles. The zero-order valence-corrected chi connectivity index (χ0v) is 13.2. The van der Waals surface area contributed by atoms with E-state index in [4.69, 9.17) is 10.7 Å². The van der Waals surface area contributed by atoms with Gasteiger partial charge in [0.05, 0.1) is 17.3 Å². The quantitative estimate of drug-likeness (QED) is 0.321. The number of hydrogen-bond acceptors (Lipinski definition) is 4. The number of rotatable bonds is 4. The second-order valence-corrected chi connectivity index (χ2v) is 5.15. The molecule has 0 aliphatic heterocycles. The van der Waals surface area contributed by atoms with Gasteiger partial charge in [-0.3, -0.25) is 15.8 Å². The number of benzene rings is 2. The maximum atomic E-state index is 9.01. The Balaban J connectivity index is 1.73. The lowest BCUT2D eigenvalue weighted by Crippen LogP contribution is -1.98. The van der Waals surface area contributed by atoms with Crippen molar-refractivity contribution in [2.45, 2.75) is 0 Å². The van der Waals surface area contributed by atoms with E-state index in [0.717, 1.165) is 16.8 Å². The van der Waals surface area contributed by atoms with Gasteiger partial charge in [0.2, 0.25) is 0 Å². The van der Waals surface area contributed by atoms with Gasteiger partial charge >= 0.3 is 0 Å². The molecule has 0 aliphatic rings. The molecule has 1 aromatic heterocycles. The molecule has 25 heavy (non-hydrogen) atoms. The highest BCUT2D eigenvalue weighted by Crippen LogP contribution is 2.23. The van der Waals surface area contributed by atoms with Crippen LogP contribution in [0.1, 0.15) is 11.3 Å². The summed E-state index contributed by atoms with van der Waals surface area (Å²) in [6.07, 6.45) is 1.60. The van der Waals surface area contributed by atoms with Crippen LogP contribution in [0.4, 0.5) is 5.69 Å². The van der Waals surface area contributed by atoms with Crippen molar-refractivity contribution < 1.29 is 0 Å². The van der Waals surface area contributed by atoms with E-state index in [2.05, 4.69) is 26.8 Å². The maximum absolute atomic E-state index is 9.01. The smallest absolute Gasteiger partial charge is 0.194 e. The molecule has 2 aromatic carbocycles. The van der Waals surface area contributed by atoms with E-state index < -0.39 is 0 Å². The van der Waals surface area contributed by atoms with Gasteiger partial charge in [-0.1, -0.05) is 35.6 Å². The third-order valence-electron chi connectivity index (χ3n) is 3.42. The Hall–Kier alpha value is -3.85. The number of aromatic nitrogens is 1. The third-order valence-corrected chi connectivity index (χ3v) is 3.42. The molecule has 0 saturated heterocycles. The van der Waals surface area contributed by atoms with Crippen molar-refractivity contribution in [3.63, 3.8) is 0 Å². The van der Waals surface area contributed by atoms with Crippen LogP contribution in [0.25, 0.3) is 11.1 Å². The van der Waals surface area contributed by atoms with Crippen LogP contribution in [0.2, 0.25) is 0 Å². The molecule has 0 atom stereocenters. The fourth-order valence-electron chi connectivity index (χ4n) is 2.22. The summed E-state index contributed by atoms with van der Waals surface area (Å²) in [4.78, 5) is 4.04. The molecule has 0 saturated carbocycles. The van der Waals surface area contributed by atoms with Gasteiger partial charge in [0.25, 0.3) is 0 Å². The summed E-state index contributed by atoms with van der Waals surface area (Å²) in [5.41, 5.74) is 6.51. The molecule has 0 radical (unpaired) electrons. The molecule has 0 fully saturated rings. The van der Waals surface area contributed by atoms with Crippen LogP contribution >= 0.6 is 0 Å². The topological polar surface area (TPSA) is 97.3 Å². The van der Waals surface area contributed by atoms with Gasteiger partial charge < -0.3 is 0 Å². The SMILES string of the molecule is N#Cc1cccc(-c2cccc(N/N=N\C(=N)c3ccccn3)c2)c1. The Labute approximate surface area is 145 Å². The molecule has 2 N–H and O–H groups in total. The van der Waals surface area contributed by atoms with Crippen LogP contribution in [-0.4, -0.2) is 10.8 Å². The minimum absolute atomic E-state index is 0.0222. The second-order valence-electron chi connectivity index (χ2n) is 5.15. The van der Waals surface area contributed by atoms with Gasteiger partial charge in [0.15, 0.2) is 5.84 Å². The molecule has 3 aromatic rings. The molecule has 0 amide bonds. The largest absolute Gasteiger partial charge is 0.279 e. The number of anilines is 1. The number of amidine groups is 1. The molecule has 6 nitrogen and oxygen atoms in total. The molecule has 6 heteroatoms. The highest BCUT2D eigenvalue weighted by atomic mass is 15.4. The first-order chi connectivity index (χ1) is 12.3. The van der Waals surface area contributed by atoms with Gasteiger partial charge in [-0.25, -0.2) is 0 Å². The summed E-state index contributed by atoms with van der Waals surface area (Å²) in [6.45, 7) is 0. The normalized spacial score (nSPS) is 10.4. The number of nitriles is 1. The van der Waals surface area contributed by atoms with Crippen LogP contribution in [0.5, 0.6) is 0 Å². The minimum atomic E-state index is -0.0222. The molecule has 120 valence electrons. The average molecular weight is 326 g/mol. The Morgan fingerprint density at radius 3 is 2.56 bits per heavy atom. The molecular weight excluding hydrogens is 312 g/mol. The second kappa shape index (κ2) is 7.62. The average Bonchev–Trinajstić information content (AvgIpc) is 2.69. The van der Waals surface area contributed by atoms with E-state index in [1.165, 1.54) is 0 Å². The summed E-state index contributed by atoms with van der Waals surface area (Å²) < 4.78 is 0. The first kappa shape index (κ1) is 16.0. The van der Waals surface area contributed by atoms with E-state index in [-0.39, 0.29) is 5.84 Å². The molecule has 0 bridgehead atoms. The Morgan fingerprint density at radius 1 is 1.00 bits per heavy atom. The van der Waals surface area contributed by atoms with Crippen LogP contribution in [0, 0.1) is 16.7 Å². The fourth-order valence-corrected chi connectivity index (χ4v) is 2.22. The Bertz CT molecular complexity index is 957.